The normalized spacial score (nSPS) is 24.7. The molecule has 4 rings (SSSR count). The molecule has 1 aromatic heterocycles. The zero-order chi connectivity index (χ0) is 15.7. The van der Waals surface area contributed by atoms with Crippen LogP contribution in [0.4, 0.5) is 0 Å². The van der Waals surface area contributed by atoms with Crippen molar-refractivity contribution in [3.63, 3.8) is 0 Å². The van der Waals surface area contributed by atoms with Crippen LogP contribution in [0.25, 0.3) is 0 Å². The summed E-state index contributed by atoms with van der Waals surface area (Å²) in [6.45, 7) is 3.10. The number of thioether (sulfide) groups is 1. The fourth-order valence-electron chi connectivity index (χ4n) is 3.01. The van der Waals surface area contributed by atoms with Crippen molar-refractivity contribution in [1.82, 2.24) is 20.0 Å². The summed E-state index contributed by atoms with van der Waals surface area (Å²) in [4.78, 5) is 28.2. The van der Waals surface area contributed by atoms with Crippen molar-refractivity contribution in [2.75, 3.05) is 25.9 Å². The Morgan fingerprint density at radius 1 is 1.36 bits per heavy atom. The molecule has 0 radical (unpaired) electrons. The van der Waals surface area contributed by atoms with Crippen LogP contribution in [-0.4, -0.2) is 63.7 Å². The average molecular weight is 324 g/mol. The van der Waals surface area contributed by atoms with Crippen molar-refractivity contribution in [3.8, 4) is 0 Å². The summed E-state index contributed by atoms with van der Waals surface area (Å²) >= 11 is 1.26. The molecule has 4 heterocycles. The number of amides is 2. The van der Waals surface area contributed by atoms with Crippen LogP contribution in [0.2, 0.25) is 0 Å². The van der Waals surface area contributed by atoms with E-state index in [0.717, 1.165) is 12.8 Å². The third-order valence-electron chi connectivity index (χ3n) is 4.39. The van der Waals surface area contributed by atoms with E-state index in [0.29, 0.717) is 30.6 Å². The van der Waals surface area contributed by atoms with Gasteiger partial charge >= 0.3 is 0 Å². The number of hydrogen-bond donors (Lipinski definition) is 0. The smallest absolute Gasteiger partial charge is 0.277 e. The quantitative estimate of drug-likeness (QED) is 0.762. The average Bonchev–Trinajstić information content (AvgIpc) is 2.82. The molecule has 0 spiro atoms. The number of aromatic nitrogens is 2. The third-order valence-corrected chi connectivity index (χ3v) is 5.19. The lowest BCUT2D eigenvalue weighted by Gasteiger charge is -2.32. The van der Waals surface area contributed by atoms with Crippen molar-refractivity contribution in [1.29, 1.82) is 0 Å². The highest BCUT2D eigenvalue weighted by Gasteiger charge is 2.40. The molecule has 0 aromatic carbocycles. The van der Waals surface area contributed by atoms with E-state index in [4.69, 9.17) is 4.42 Å². The van der Waals surface area contributed by atoms with Crippen LogP contribution in [-0.2, 0) is 16.0 Å². The minimum Gasteiger partial charge on any atom is -0.416 e. The standard InChI is InChI=1S/C14H20N4O3S/c1-3-11-15-16-14(21-11)22-8-12(19)18-6-9-4-5-10(7-18)17(2)13(9)20/h9-10H,3-8H2,1-2H3/t9-,10+/m0/s1. The highest BCUT2D eigenvalue weighted by Crippen LogP contribution is 2.28. The Balaban J connectivity index is 1.59. The van der Waals surface area contributed by atoms with Gasteiger partial charge in [0, 0.05) is 32.6 Å². The summed E-state index contributed by atoms with van der Waals surface area (Å²) < 4.78 is 5.39. The van der Waals surface area contributed by atoms with Gasteiger partial charge in [0.1, 0.15) is 0 Å². The van der Waals surface area contributed by atoms with Crippen molar-refractivity contribution in [3.05, 3.63) is 5.89 Å². The molecule has 3 aliphatic rings. The van der Waals surface area contributed by atoms with Gasteiger partial charge in [0.15, 0.2) is 0 Å². The van der Waals surface area contributed by atoms with Gasteiger partial charge in [-0.05, 0) is 12.8 Å². The van der Waals surface area contributed by atoms with Crippen LogP contribution < -0.4 is 0 Å². The molecule has 0 saturated carbocycles. The fourth-order valence-corrected chi connectivity index (χ4v) is 3.70. The number of aryl methyl sites for hydroxylation is 1. The van der Waals surface area contributed by atoms with E-state index in [1.54, 1.807) is 4.90 Å². The summed E-state index contributed by atoms with van der Waals surface area (Å²) in [7, 11) is 1.84. The summed E-state index contributed by atoms with van der Waals surface area (Å²) in [5, 5.41) is 8.21. The second kappa shape index (κ2) is 6.28. The second-order valence-corrected chi connectivity index (χ2v) is 6.71. The maximum atomic E-state index is 12.4. The minimum atomic E-state index is -0.0483. The molecule has 2 amide bonds. The molecule has 7 nitrogen and oxygen atoms in total. The van der Waals surface area contributed by atoms with Crippen LogP contribution in [0.1, 0.15) is 25.7 Å². The Hall–Kier alpha value is -1.57. The monoisotopic (exact) mass is 324 g/mol. The number of fused-ring (bicyclic) bond motifs is 4. The Labute approximate surface area is 133 Å². The molecule has 3 aliphatic heterocycles. The molecule has 0 aliphatic carbocycles. The molecular formula is C14H20N4O3S. The third kappa shape index (κ3) is 2.97. The SMILES string of the molecule is CCc1nnc(SCC(=O)N2C[C@@H]3CC[C@H](C2)N(C)C3=O)o1. The maximum Gasteiger partial charge on any atom is 0.277 e. The lowest BCUT2D eigenvalue weighted by molar-refractivity contribution is -0.138. The van der Waals surface area contributed by atoms with Gasteiger partial charge in [-0.3, -0.25) is 9.59 Å². The van der Waals surface area contributed by atoms with E-state index >= 15 is 0 Å². The molecule has 22 heavy (non-hydrogen) atoms. The van der Waals surface area contributed by atoms with Gasteiger partial charge in [-0.15, -0.1) is 10.2 Å². The highest BCUT2D eigenvalue weighted by atomic mass is 32.2. The van der Waals surface area contributed by atoms with Crippen LogP contribution in [0.3, 0.4) is 0 Å². The number of rotatable bonds is 4. The maximum absolute atomic E-state index is 12.4. The summed E-state index contributed by atoms with van der Waals surface area (Å²) in [6.07, 6.45) is 2.55. The number of hydrogen-bond acceptors (Lipinski definition) is 6. The van der Waals surface area contributed by atoms with E-state index in [1.807, 2.05) is 18.9 Å². The van der Waals surface area contributed by atoms with E-state index in [9.17, 15) is 9.59 Å². The topological polar surface area (TPSA) is 79.5 Å². The number of likely N-dealkylation sites (N-methyl/N-ethyl adjacent to an activating group) is 1. The molecule has 1 aromatic rings. The van der Waals surface area contributed by atoms with Gasteiger partial charge < -0.3 is 14.2 Å². The number of carbonyl (C=O) groups is 2. The van der Waals surface area contributed by atoms with Gasteiger partial charge in [0.2, 0.25) is 17.7 Å². The minimum absolute atomic E-state index is 0.0289. The van der Waals surface area contributed by atoms with Crippen molar-refractivity contribution >= 4 is 23.6 Å². The van der Waals surface area contributed by atoms with Crippen LogP contribution in [0.15, 0.2) is 9.64 Å². The molecule has 2 bridgehead atoms. The van der Waals surface area contributed by atoms with Crippen LogP contribution in [0, 0.1) is 5.92 Å². The van der Waals surface area contributed by atoms with Crippen LogP contribution in [0.5, 0.6) is 0 Å². The van der Waals surface area contributed by atoms with E-state index in [1.165, 1.54) is 11.8 Å². The van der Waals surface area contributed by atoms with Crippen LogP contribution >= 0.6 is 11.8 Å². The predicted octanol–water partition coefficient (Wildman–Crippen LogP) is 0.803. The zero-order valence-electron chi connectivity index (χ0n) is 12.8. The van der Waals surface area contributed by atoms with Gasteiger partial charge in [-0.25, -0.2) is 0 Å². The zero-order valence-corrected chi connectivity index (χ0v) is 13.6. The first kappa shape index (κ1) is 15.3. The molecule has 2 atom stereocenters. The Morgan fingerprint density at radius 2 is 2.18 bits per heavy atom. The van der Waals surface area contributed by atoms with Gasteiger partial charge in [0.05, 0.1) is 11.7 Å². The summed E-state index contributed by atoms with van der Waals surface area (Å²) in [5.41, 5.74) is 0. The largest absolute Gasteiger partial charge is 0.416 e. The molecular weight excluding hydrogens is 304 g/mol. The van der Waals surface area contributed by atoms with Gasteiger partial charge in [-0.2, -0.15) is 0 Å². The molecule has 3 fully saturated rings. The van der Waals surface area contributed by atoms with Crippen molar-refractivity contribution < 1.29 is 14.0 Å². The van der Waals surface area contributed by atoms with E-state index in [2.05, 4.69) is 10.2 Å². The Morgan fingerprint density at radius 3 is 2.91 bits per heavy atom. The first-order chi connectivity index (χ1) is 10.6. The first-order valence-corrected chi connectivity index (χ1v) is 8.56. The summed E-state index contributed by atoms with van der Waals surface area (Å²) in [5.74, 6) is 0.996. The number of nitrogens with zero attached hydrogens (tertiary/aromatic N) is 4. The predicted molar refractivity (Wildman–Crippen MR) is 80.3 cm³/mol. The van der Waals surface area contributed by atoms with E-state index < -0.39 is 0 Å². The molecule has 8 heteroatoms. The molecule has 0 N–H and O–H groups in total. The molecule has 3 saturated heterocycles. The van der Waals surface area contributed by atoms with Gasteiger partial charge in [0.25, 0.3) is 5.22 Å². The molecule has 120 valence electrons. The van der Waals surface area contributed by atoms with Crippen molar-refractivity contribution in [2.24, 2.45) is 5.92 Å². The fraction of sp³-hybridized carbons (Fsp3) is 0.714. The number of carbonyl (C=O) groups excluding carboxylic acids is 2. The first-order valence-electron chi connectivity index (χ1n) is 7.58. The Bertz CT molecular complexity index is 576. The highest BCUT2D eigenvalue weighted by molar-refractivity contribution is 7.99. The second-order valence-electron chi connectivity index (χ2n) is 5.78. The number of piperidine rings is 1. The van der Waals surface area contributed by atoms with Crippen molar-refractivity contribution in [2.45, 2.75) is 37.5 Å². The molecule has 0 unspecified atom stereocenters. The lowest BCUT2D eigenvalue weighted by atomic mass is 9.95. The Kier molecular flexibility index (Phi) is 4.37. The van der Waals surface area contributed by atoms with Gasteiger partial charge in [-0.1, -0.05) is 18.7 Å². The summed E-state index contributed by atoms with van der Waals surface area (Å²) in [6, 6.07) is 0.148. The lowest BCUT2D eigenvalue weighted by Crippen LogP contribution is -2.45. The van der Waals surface area contributed by atoms with E-state index in [-0.39, 0.29) is 29.5 Å².